The molecule has 1 saturated heterocycles. The van der Waals surface area contributed by atoms with Crippen LogP contribution < -0.4 is 5.32 Å². The quantitative estimate of drug-likeness (QED) is 0.742. The van der Waals surface area contributed by atoms with Crippen molar-refractivity contribution in [2.45, 2.75) is 25.2 Å². The Morgan fingerprint density at radius 1 is 1.27 bits per heavy atom. The Bertz CT molecular complexity index is 731. The number of anilines is 1. The molecule has 3 rings (SSSR count). The highest BCUT2D eigenvalue weighted by molar-refractivity contribution is 7.99. The van der Waals surface area contributed by atoms with Crippen molar-refractivity contribution >= 4 is 23.4 Å². The minimum atomic E-state index is -0.268. The smallest absolute Gasteiger partial charge is 0.233 e. The molecule has 2 heterocycles. The van der Waals surface area contributed by atoms with Gasteiger partial charge in [-0.05, 0) is 31.2 Å². The standard InChI is InChI=1S/C17H22FN5O2S/c1-2-23-15(11-19-14-5-3-13(18)4-6-14)20-21-17(23)26-12-16(24)22-7-9-25-10-8-22/h3-6,19H,2,7-12H2,1H3. The van der Waals surface area contributed by atoms with Gasteiger partial charge in [0.2, 0.25) is 5.91 Å². The molecule has 0 aliphatic carbocycles. The zero-order valence-electron chi connectivity index (χ0n) is 14.7. The van der Waals surface area contributed by atoms with Gasteiger partial charge in [-0.15, -0.1) is 10.2 Å². The number of morpholine rings is 1. The fourth-order valence-corrected chi connectivity index (χ4v) is 3.58. The lowest BCUT2D eigenvalue weighted by Gasteiger charge is -2.26. The molecule has 0 atom stereocenters. The number of rotatable bonds is 7. The fraction of sp³-hybridized carbons (Fsp3) is 0.471. The Labute approximate surface area is 155 Å². The summed E-state index contributed by atoms with van der Waals surface area (Å²) in [5.41, 5.74) is 0.814. The molecule has 1 aromatic carbocycles. The number of nitrogens with zero attached hydrogens (tertiary/aromatic N) is 4. The van der Waals surface area contributed by atoms with E-state index < -0.39 is 0 Å². The monoisotopic (exact) mass is 379 g/mol. The number of benzene rings is 1. The van der Waals surface area contributed by atoms with E-state index in [0.29, 0.717) is 45.1 Å². The van der Waals surface area contributed by atoms with Crippen molar-refractivity contribution in [3.05, 3.63) is 35.9 Å². The third-order valence-electron chi connectivity index (χ3n) is 4.09. The number of hydrogen-bond acceptors (Lipinski definition) is 6. The lowest BCUT2D eigenvalue weighted by atomic mass is 10.3. The molecule has 0 bridgehead atoms. The van der Waals surface area contributed by atoms with E-state index in [-0.39, 0.29) is 11.7 Å². The van der Waals surface area contributed by atoms with Gasteiger partial charge in [-0.3, -0.25) is 4.79 Å². The molecule has 0 saturated carbocycles. The number of nitrogens with one attached hydrogen (secondary N) is 1. The van der Waals surface area contributed by atoms with Gasteiger partial charge in [0.05, 0.1) is 25.5 Å². The van der Waals surface area contributed by atoms with Crippen molar-refractivity contribution in [3.63, 3.8) is 0 Å². The molecule has 7 nitrogen and oxygen atoms in total. The summed E-state index contributed by atoms with van der Waals surface area (Å²) in [5.74, 6) is 0.938. The van der Waals surface area contributed by atoms with E-state index in [4.69, 9.17) is 4.74 Å². The molecule has 140 valence electrons. The molecule has 1 aliphatic heterocycles. The van der Waals surface area contributed by atoms with E-state index in [9.17, 15) is 9.18 Å². The number of thioether (sulfide) groups is 1. The summed E-state index contributed by atoms with van der Waals surface area (Å²) in [4.78, 5) is 14.1. The second-order valence-electron chi connectivity index (χ2n) is 5.79. The number of carbonyl (C=O) groups is 1. The van der Waals surface area contributed by atoms with Crippen LogP contribution in [0.5, 0.6) is 0 Å². The van der Waals surface area contributed by atoms with Crippen molar-refractivity contribution in [1.29, 1.82) is 0 Å². The highest BCUT2D eigenvalue weighted by atomic mass is 32.2. The van der Waals surface area contributed by atoms with Crippen molar-refractivity contribution in [3.8, 4) is 0 Å². The minimum Gasteiger partial charge on any atom is -0.378 e. The largest absolute Gasteiger partial charge is 0.378 e. The lowest BCUT2D eigenvalue weighted by molar-refractivity contribution is -0.132. The predicted octanol–water partition coefficient (Wildman–Crippen LogP) is 2.00. The summed E-state index contributed by atoms with van der Waals surface area (Å²) < 4.78 is 20.2. The van der Waals surface area contributed by atoms with Gasteiger partial charge in [-0.1, -0.05) is 11.8 Å². The van der Waals surface area contributed by atoms with Gasteiger partial charge in [0.1, 0.15) is 5.82 Å². The molecule has 1 N–H and O–H groups in total. The summed E-state index contributed by atoms with van der Waals surface area (Å²) in [6.07, 6.45) is 0. The second kappa shape index (κ2) is 9.00. The second-order valence-corrected chi connectivity index (χ2v) is 6.73. The molecule has 0 unspecified atom stereocenters. The Kier molecular flexibility index (Phi) is 6.45. The van der Waals surface area contributed by atoms with E-state index in [2.05, 4.69) is 15.5 Å². The van der Waals surface area contributed by atoms with Gasteiger partial charge in [-0.2, -0.15) is 0 Å². The normalized spacial score (nSPS) is 14.5. The summed E-state index contributed by atoms with van der Waals surface area (Å²) in [6, 6.07) is 6.17. The molecule has 1 amide bonds. The predicted molar refractivity (Wildman–Crippen MR) is 97.5 cm³/mol. The summed E-state index contributed by atoms with van der Waals surface area (Å²) in [5, 5.41) is 12.4. The molecular formula is C17H22FN5O2S. The van der Waals surface area contributed by atoms with E-state index in [0.717, 1.165) is 16.7 Å². The molecule has 1 fully saturated rings. The lowest BCUT2D eigenvalue weighted by Crippen LogP contribution is -2.41. The van der Waals surface area contributed by atoms with Crippen LogP contribution in [-0.2, 0) is 22.6 Å². The molecule has 1 aliphatic rings. The fourth-order valence-electron chi connectivity index (χ4n) is 2.65. The van der Waals surface area contributed by atoms with Crippen LogP contribution in [0.1, 0.15) is 12.7 Å². The van der Waals surface area contributed by atoms with Crippen molar-refractivity contribution < 1.29 is 13.9 Å². The molecule has 9 heteroatoms. The van der Waals surface area contributed by atoms with Gasteiger partial charge in [0, 0.05) is 25.3 Å². The third kappa shape index (κ3) is 4.73. The van der Waals surface area contributed by atoms with Crippen molar-refractivity contribution in [2.75, 3.05) is 37.4 Å². The number of halogens is 1. The maximum absolute atomic E-state index is 13.0. The summed E-state index contributed by atoms with van der Waals surface area (Å²) in [6.45, 7) is 5.69. The third-order valence-corrected chi connectivity index (χ3v) is 5.04. The Hall–Kier alpha value is -2.13. The Morgan fingerprint density at radius 2 is 2.00 bits per heavy atom. The molecule has 0 radical (unpaired) electrons. The molecule has 26 heavy (non-hydrogen) atoms. The van der Waals surface area contributed by atoms with Gasteiger partial charge in [0.25, 0.3) is 0 Å². The van der Waals surface area contributed by atoms with Crippen LogP contribution in [-0.4, -0.2) is 57.6 Å². The van der Waals surface area contributed by atoms with Crippen LogP contribution in [0.15, 0.2) is 29.4 Å². The van der Waals surface area contributed by atoms with Crippen LogP contribution in [0, 0.1) is 5.82 Å². The summed E-state index contributed by atoms with van der Waals surface area (Å²) in [7, 11) is 0. The molecule has 1 aromatic heterocycles. The van der Waals surface area contributed by atoms with Crippen LogP contribution in [0.25, 0.3) is 0 Å². The van der Waals surface area contributed by atoms with Crippen molar-refractivity contribution in [2.24, 2.45) is 0 Å². The van der Waals surface area contributed by atoms with Crippen LogP contribution in [0.2, 0.25) is 0 Å². The minimum absolute atomic E-state index is 0.0925. The maximum atomic E-state index is 13.0. The van der Waals surface area contributed by atoms with E-state index in [1.807, 2.05) is 16.4 Å². The summed E-state index contributed by atoms with van der Waals surface area (Å²) >= 11 is 1.40. The maximum Gasteiger partial charge on any atom is 0.233 e. The first kappa shape index (κ1) is 18.7. The highest BCUT2D eigenvalue weighted by Crippen LogP contribution is 2.19. The molecule has 2 aromatic rings. The van der Waals surface area contributed by atoms with E-state index >= 15 is 0 Å². The van der Waals surface area contributed by atoms with Gasteiger partial charge in [0.15, 0.2) is 11.0 Å². The average molecular weight is 379 g/mol. The van der Waals surface area contributed by atoms with E-state index in [1.165, 1.54) is 23.9 Å². The van der Waals surface area contributed by atoms with Crippen molar-refractivity contribution in [1.82, 2.24) is 19.7 Å². The number of ether oxygens (including phenoxy) is 1. The number of hydrogen-bond donors (Lipinski definition) is 1. The van der Waals surface area contributed by atoms with Crippen LogP contribution in [0.4, 0.5) is 10.1 Å². The van der Waals surface area contributed by atoms with Gasteiger partial charge in [-0.25, -0.2) is 4.39 Å². The Balaban J connectivity index is 1.56. The number of amides is 1. The molecule has 0 spiro atoms. The Morgan fingerprint density at radius 3 is 2.69 bits per heavy atom. The zero-order chi connectivity index (χ0) is 18.4. The highest BCUT2D eigenvalue weighted by Gasteiger charge is 2.19. The first-order valence-corrected chi connectivity index (χ1v) is 9.55. The van der Waals surface area contributed by atoms with Crippen LogP contribution >= 0.6 is 11.8 Å². The average Bonchev–Trinajstić information content (AvgIpc) is 3.08. The first-order chi connectivity index (χ1) is 12.7. The van der Waals surface area contributed by atoms with Gasteiger partial charge < -0.3 is 19.5 Å². The first-order valence-electron chi connectivity index (χ1n) is 8.57. The molecular weight excluding hydrogens is 357 g/mol. The van der Waals surface area contributed by atoms with E-state index in [1.54, 1.807) is 12.1 Å². The van der Waals surface area contributed by atoms with Gasteiger partial charge >= 0.3 is 0 Å². The topological polar surface area (TPSA) is 72.3 Å². The number of carbonyl (C=O) groups excluding carboxylic acids is 1. The SMILES string of the molecule is CCn1c(CNc2ccc(F)cc2)nnc1SCC(=O)N1CCOCC1. The van der Waals surface area contributed by atoms with Crippen LogP contribution in [0.3, 0.4) is 0 Å². The number of aromatic nitrogens is 3. The zero-order valence-corrected chi connectivity index (χ0v) is 15.5.